The average molecular weight is 507 g/mol. The molecule has 2 saturated heterocycles. The van der Waals surface area contributed by atoms with Gasteiger partial charge in [0.15, 0.2) is 0 Å². The molecule has 5 rings (SSSR count). The maximum absolute atomic E-state index is 13.4. The maximum atomic E-state index is 13.4. The number of hydrogen-bond acceptors (Lipinski definition) is 7. The second kappa shape index (κ2) is 10.9. The summed E-state index contributed by atoms with van der Waals surface area (Å²) in [6.45, 7) is 8.44. The lowest BCUT2D eigenvalue weighted by Gasteiger charge is -2.31. The number of morpholine rings is 1. The molecule has 0 bridgehead atoms. The van der Waals surface area contributed by atoms with Crippen LogP contribution in [-0.2, 0) is 20.7 Å². The van der Waals surface area contributed by atoms with Crippen molar-refractivity contribution < 1.29 is 28.9 Å². The van der Waals surface area contributed by atoms with E-state index in [-0.39, 0.29) is 17.4 Å². The Labute approximate surface area is 217 Å². The topological polar surface area (TPSA) is 88.5 Å². The highest BCUT2D eigenvalue weighted by molar-refractivity contribution is 6.46. The van der Waals surface area contributed by atoms with Gasteiger partial charge in [-0.05, 0) is 54.8 Å². The van der Waals surface area contributed by atoms with Crippen molar-refractivity contribution in [2.75, 3.05) is 46.0 Å². The van der Waals surface area contributed by atoms with Crippen molar-refractivity contribution in [2.24, 2.45) is 0 Å². The van der Waals surface area contributed by atoms with E-state index < -0.39 is 17.7 Å². The number of likely N-dealkylation sites (tertiary alicyclic amines) is 1. The van der Waals surface area contributed by atoms with Crippen LogP contribution in [0.25, 0.3) is 5.76 Å². The zero-order valence-corrected chi connectivity index (χ0v) is 21.4. The predicted octanol–water partition coefficient (Wildman–Crippen LogP) is 3.55. The van der Waals surface area contributed by atoms with Crippen molar-refractivity contribution in [2.45, 2.75) is 38.8 Å². The molecule has 1 N–H and O–H groups in total. The zero-order valence-electron chi connectivity index (χ0n) is 21.4. The van der Waals surface area contributed by atoms with Crippen LogP contribution in [0.1, 0.15) is 43.0 Å². The van der Waals surface area contributed by atoms with Crippen LogP contribution in [0.15, 0.2) is 48.0 Å². The highest BCUT2D eigenvalue weighted by Gasteiger charge is 2.46. The molecular weight excluding hydrogens is 472 g/mol. The molecule has 0 radical (unpaired) electrons. The van der Waals surface area contributed by atoms with E-state index >= 15 is 0 Å². The zero-order chi connectivity index (χ0) is 25.9. The molecule has 37 heavy (non-hydrogen) atoms. The minimum Gasteiger partial charge on any atom is -0.507 e. The van der Waals surface area contributed by atoms with Gasteiger partial charge in [0.2, 0.25) is 0 Å². The second-order valence-electron chi connectivity index (χ2n) is 9.82. The quantitative estimate of drug-likeness (QED) is 0.333. The van der Waals surface area contributed by atoms with Crippen molar-refractivity contribution >= 4 is 17.4 Å². The summed E-state index contributed by atoms with van der Waals surface area (Å²) in [5.74, 6) is 0.0147. The first-order valence-corrected chi connectivity index (χ1v) is 13.1. The number of benzene rings is 2. The van der Waals surface area contributed by atoms with Gasteiger partial charge in [-0.15, -0.1) is 0 Å². The molecule has 0 aromatic heterocycles. The smallest absolute Gasteiger partial charge is 0.295 e. The fraction of sp³-hybridized carbons (Fsp3) is 0.448. The van der Waals surface area contributed by atoms with Crippen LogP contribution in [0.5, 0.6) is 11.5 Å². The molecule has 0 aliphatic carbocycles. The van der Waals surface area contributed by atoms with Gasteiger partial charge in [-0.1, -0.05) is 19.1 Å². The van der Waals surface area contributed by atoms with Gasteiger partial charge in [-0.3, -0.25) is 14.5 Å². The fourth-order valence-electron chi connectivity index (χ4n) is 5.25. The number of rotatable bonds is 8. The van der Waals surface area contributed by atoms with Crippen LogP contribution in [0.3, 0.4) is 0 Å². The Balaban J connectivity index is 1.53. The molecule has 8 heteroatoms. The van der Waals surface area contributed by atoms with Gasteiger partial charge in [-0.2, -0.15) is 0 Å². The monoisotopic (exact) mass is 506 g/mol. The van der Waals surface area contributed by atoms with Gasteiger partial charge >= 0.3 is 0 Å². The number of aliphatic hydroxyl groups is 1. The molecule has 0 saturated carbocycles. The van der Waals surface area contributed by atoms with Gasteiger partial charge in [0.25, 0.3) is 11.7 Å². The number of hydrogen-bond donors (Lipinski definition) is 1. The number of fused-ring (bicyclic) bond motifs is 1. The molecular formula is C29H34N2O6. The molecule has 196 valence electrons. The van der Waals surface area contributed by atoms with E-state index in [2.05, 4.69) is 4.90 Å². The summed E-state index contributed by atoms with van der Waals surface area (Å²) < 4.78 is 17.1. The Kier molecular flexibility index (Phi) is 7.48. The molecule has 3 aliphatic heterocycles. The molecule has 2 atom stereocenters. The Hall–Kier alpha value is -3.36. The normalized spacial score (nSPS) is 23.2. The Morgan fingerprint density at radius 2 is 1.92 bits per heavy atom. The number of carbonyl (C=O) groups excluding carboxylic acids is 2. The number of ketones is 1. The van der Waals surface area contributed by atoms with E-state index in [1.807, 2.05) is 50.2 Å². The molecule has 8 nitrogen and oxygen atoms in total. The van der Waals surface area contributed by atoms with Crippen molar-refractivity contribution in [3.63, 3.8) is 0 Å². The highest BCUT2D eigenvalue weighted by Crippen LogP contribution is 2.41. The number of amides is 1. The van der Waals surface area contributed by atoms with Crippen LogP contribution < -0.4 is 9.47 Å². The molecule has 2 aromatic rings. The SMILES string of the molecule is CCCOc1cccc([C@@H]2/C(=C(\O)c3ccc4c(c3)C[C@@H](C)O4)C(=O)C(=O)N2CCN2CCOCC2)c1. The summed E-state index contributed by atoms with van der Waals surface area (Å²) in [5.41, 5.74) is 2.32. The van der Waals surface area contributed by atoms with E-state index in [0.29, 0.717) is 44.2 Å². The molecule has 2 fully saturated rings. The second-order valence-corrected chi connectivity index (χ2v) is 9.82. The third-order valence-electron chi connectivity index (χ3n) is 7.12. The van der Waals surface area contributed by atoms with Gasteiger partial charge in [0.05, 0.1) is 31.4 Å². The summed E-state index contributed by atoms with van der Waals surface area (Å²) in [7, 11) is 0. The van der Waals surface area contributed by atoms with Crippen molar-refractivity contribution in [1.82, 2.24) is 9.80 Å². The lowest BCUT2D eigenvalue weighted by Crippen LogP contribution is -2.42. The largest absolute Gasteiger partial charge is 0.507 e. The number of ether oxygens (including phenoxy) is 3. The minimum absolute atomic E-state index is 0.0593. The molecule has 0 unspecified atom stereocenters. The lowest BCUT2D eigenvalue weighted by atomic mass is 9.94. The van der Waals surface area contributed by atoms with Crippen molar-refractivity contribution in [3.8, 4) is 11.5 Å². The molecule has 3 aliphatic rings. The van der Waals surface area contributed by atoms with Crippen molar-refractivity contribution in [3.05, 3.63) is 64.7 Å². The Morgan fingerprint density at radius 3 is 2.70 bits per heavy atom. The third kappa shape index (κ3) is 5.22. The third-order valence-corrected chi connectivity index (χ3v) is 7.12. The van der Waals surface area contributed by atoms with Crippen LogP contribution in [0, 0.1) is 0 Å². The first-order chi connectivity index (χ1) is 18.0. The average Bonchev–Trinajstić information content (AvgIpc) is 3.41. The highest BCUT2D eigenvalue weighted by atomic mass is 16.5. The van der Waals surface area contributed by atoms with Crippen LogP contribution in [0.4, 0.5) is 0 Å². The van der Waals surface area contributed by atoms with Gasteiger partial charge < -0.3 is 24.2 Å². The maximum Gasteiger partial charge on any atom is 0.295 e. The van der Waals surface area contributed by atoms with E-state index in [4.69, 9.17) is 14.2 Å². The number of aliphatic hydroxyl groups excluding tert-OH is 1. The summed E-state index contributed by atoms with van der Waals surface area (Å²) in [4.78, 5) is 30.5. The van der Waals surface area contributed by atoms with Gasteiger partial charge in [0, 0.05) is 38.2 Å². The standard InChI is InChI=1S/C29H34N2O6/c1-3-13-36-23-6-4-5-20(18-23)26-25(27(32)21-7-8-24-22(17-21)16-19(2)37-24)28(33)29(34)31(26)10-9-30-11-14-35-15-12-30/h4-8,17-19,26,32H,3,9-16H2,1-2H3/b27-25+/t19-,26-/m1/s1. The van der Waals surface area contributed by atoms with E-state index in [1.54, 1.807) is 11.0 Å². The Bertz CT molecular complexity index is 1200. The fourth-order valence-corrected chi connectivity index (χ4v) is 5.25. The summed E-state index contributed by atoms with van der Waals surface area (Å²) >= 11 is 0. The minimum atomic E-state index is -0.713. The van der Waals surface area contributed by atoms with Gasteiger partial charge in [0.1, 0.15) is 23.4 Å². The molecule has 2 aromatic carbocycles. The van der Waals surface area contributed by atoms with Crippen molar-refractivity contribution in [1.29, 1.82) is 0 Å². The number of carbonyl (C=O) groups is 2. The molecule has 3 heterocycles. The van der Waals surface area contributed by atoms with Gasteiger partial charge in [-0.25, -0.2) is 0 Å². The van der Waals surface area contributed by atoms with Crippen LogP contribution in [-0.4, -0.2) is 78.7 Å². The summed E-state index contributed by atoms with van der Waals surface area (Å²) in [6.07, 6.45) is 1.65. The van der Waals surface area contributed by atoms with E-state index in [9.17, 15) is 14.7 Å². The number of nitrogens with zero attached hydrogens (tertiary/aromatic N) is 2. The van der Waals surface area contributed by atoms with E-state index in [0.717, 1.165) is 42.8 Å². The Morgan fingerprint density at radius 1 is 1.11 bits per heavy atom. The van der Waals surface area contributed by atoms with E-state index in [1.165, 1.54) is 0 Å². The molecule has 0 spiro atoms. The first-order valence-electron chi connectivity index (χ1n) is 13.1. The summed E-state index contributed by atoms with van der Waals surface area (Å²) in [5, 5.41) is 11.5. The predicted molar refractivity (Wildman–Crippen MR) is 139 cm³/mol. The number of Topliss-reactive ketones (excluding diaryl/α,β-unsaturated/α-hetero) is 1. The first kappa shape index (κ1) is 25.3. The molecule has 1 amide bonds. The summed E-state index contributed by atoms with van der Waals surface area (Å²) in [6, 6.07) is 12.2. The van der Waals surface area contributed by atoms with Crippen LogP contribution >= 0.6 is 0 Å². The van der Waals surface area contributed by atoms with Crippen LogP contribution in [0.2, 0.25) is 0 Å². The lowest BCUT2D eigenvalue weighted by molar-refractivity contribution is -0.140.